The van der Waals surface area contributed by atoms with E-state index in [1.807, 2.05) is 0 Å². The Morgan fingerprint density at radius 1 is 1.12 bits per heavy atom. The van der Waals surface area contributed by atoms with Gasteiger partial charge in [0, 0.05) is 12.6 Å². The zero-order valence-electron chi connectivity index (χ0n) is 11.3. The van der Waals surface area contributed by atoms with Crippen LogP contribution in [0.4, 0.5) is 0 Å². The van der Waals surface area contributed by atoms with E-state index in [0.717, 1.165) is 12.5 Å². The molecular weight excluding hydrogens is 196 g/mol. The first-order valence-electron chi connectivity index (χ1n) is 7.20. The SMILES string of the molecule is CCCCCCCCN(C)C(CN)C1CC1. The van der Waals surface area contributed by atoms with Gasteiger partial charge in [-0.15, -0.1) is 0 Å². The molecule has 0 bridgehead atoms. The molecular formula is C14H30N2. The zero-order chi connectivity index (χ0) is 11.8. The van der Waals surface area contributed by atoms with Gasteiger partial charge in [-0.2, -0.15) is 0 Å². The van der Waals surface area contributed by atoms with Crippen LogP contribution in [0.3, 0.4) is 0 Å². The van der Waals surface area contributed by atoms with Crippen molar-refractivity contribution in [1.29, 1.82) is 0 Å². The van der Waals surface area contributed by atoms with Gasteiger partial charge in [0.2, 0.25) is 0 Å². The van der Waals surface area contributed by atoms with Gasteiger partial charge < -0.3 is 10.6 Å². The van der Waals surface area contributed by atoms with Gasteiger partial charge in [-0.3, -0.25) is 0 Å². The summed E-state index contributed by atoms with van der Waals surface area (Å²) in [5.41, 5.74) is 5.84. The molecule has 0 aromatic rings. The molecule has 1 aliphatic carbocycles. The maximum absolute atomic E-state index is 5.84. The van der Waals surface area contributed by atoms with E-state index in [0.29, 0.717) is 6.04 Å². The highest BCUT2D eigenvalue weighted by Crippen LogP contribution is 2.34. The largest absolute Gasteiger partial charge is 0.329 e. The highest BCUT2D eigenvalue weighted by molar-refractivity contribution is 4.87. The first kappa shape index (κ1) is 14.0. The third kappa shape index (κ3) is 5.31. The van der Waals surface area contributed by atoms with Gasteiger partial charge in [-0.05, 0) is 38.8 Å². The first-order chi connectivity index (χ1) is 7.79. The number of nitrogens with two attached hydrogens (primary N) is 1. The van der Waals surface area contributed by atoms with E-state index in [4.69, 9.17) is 5.73 Å². The molecule has 1 unspecified atom stereocenters. The molecule has 0 saturated heterocycles. The van der Waals surface area contributed by atoms with Gasteiger partial charge in [0.25, 0.3) is 0 Å². The number of hydrogen-bond donors (Lipinski definition) is 1. The van der Waals surface area contributed by atoms with Crippen molar-refractivity contribution < 1.29 is 0 Å². The average molecular weight is 226 g/mol. The second-order valence-corrected chi connectivity index (χ2v) is 5.39. The van der Waals surface area contributed by atoms with Crippen LogP contribution in [-0.2, 0) is 0 Å². The lowest BCUT2D eigenvalue weighted by Gasteiger charge is -2.26. The molecule has 16 heavy (non-hydrogen) atoms. The van der Waals surface area contributed by atoms with Gasteiger partial charge in [-0.25, -0.2) is 0 Å². The number of nitrogens with zero attached hydrogens (tertiary/aromatic N) is 1. The topological polar surface area (TPSA) is 29.3 Å². The molecule has 0 aromatic carbocycles. The molecule has 0 aliphatic heterocycles. The number of rotatable bonds is 10. The fraction of sp³-hybridized carbons (Fsp3) is 1.00. The van der Waals surface area contributed by atoms with Crippen LogP contribution in [-0.4, -0.2) is 31.1 Å². The Morgan fingerprint density at radius 2 is 1.75 bits per heavy atom. The maximum atomic E-state index is 5.84. The summed E-state index contributed by atoms with van der Waals surface area (Å²) in [6, 6.07) is 0.663. The molecule has 96 valence electrons. The standard InChI is InChI=1S/C14H30N2/c1-3-4-5-6-7-8-11-16(2)14(12-15)13-9-10-13/h13-14H,3-12,15H2,1-2H3. The highest BCUT2D eigenvalue weighted by atomic mass is 15.1. The van der Waals surface area contributed by atoms with Crippen molar-refractivity contribution in [3.63, 3.8) is 0 Å². The molecule has 0 heterocycles. The van der Waals surface area contributed by atoms with Crippen molar-refractivity contribution in [2.75, 3.05) is 20.1 Å². The smallest absolute Gasteiger partial charge is 0.0243 e. The van der Waals surface area contributed by atoms with Gasteiger partial charge >= 0.3 is 0 Å². The lowest BCUT2D eigenvalue weighted by atomic mass is 10.1. The predicted octanol–water partition coefficient (Wildman–Crippen LogP) is 3.02. The molecule has 0 amide bonds. The van der Waals surface area contributed by atoms with Crippen molar-refractivity contribution in [1.82, 2.24) is 4.90 Å². The van der Waals surface area contributed by atoms with Crippen LogP contribution in [0.25, 0.3) is 0 Å². The van der Waals surface area contributed by atoms with Crippen molar-refractivity contribution in [3.05, 3.63) is 0 Å². The molecule has 1 saturated carbocycles. The van der Waals surface area contributed by atoms with Gasteiger partial charge in [0.1, 0.15) is 0 Å². The highest BCUT2D eigenvalue weighted by Gasteiger charge is 2.32. The summed E-state index contributed by atoms with van der Waals surface area (Å²) in [4.78, 5) is 2.50. The Hall–Kier alpha value is -0.0800. The fourth-order valence-electron chi connectivity index (χ4n) is 2.52. The van der Waals surface area contributed by atoms with Crippen molar-refractivity contribution in [2.45, 2.75) is 64.3 Å². The van der Waals surface area contributed by atoms with E-state index in [1.165, 1.54) is 57.9 Å². The van der Waals surface area contributed by atoms with E-state index < -0.39 is 0 Å². The molecule has 2 heteroatoms. The third-order valence-electron chi connectivity index (χ3n) is 3.84. The molecule has 1 aliphatic rings. The zero-order valence-corrected chi connectivity index (χ0v) is 11.3. The predicted molar refractivity (Wildman–Crippen MR) is 71.6 cm³/mol. The van der Waals surface area contributed by atoms with Crippen molar-refractivity contribution in [2.24, 2.45) is 11.7 Å². The number of unbranched alkanes of at least 4 members (excludes halogenated alkanes) is 5. The van der Waals surface area contributed by atoms with Crippen molar-refractivity contribution in [3.8, 4) is 0 Å². The Morgan fingerprint density at radius 3 is 2.31 bits per heavy atom. The molecule has 2 N–H and O–H groups in total. The summed E-state index contributed by atoms with van der Waals surface area (Å²) in [5, 5.41) is 0. The van der Waals surface area contributed by atoms with Gasteiger partial charge in [-0.1, -0.05) is 39.0 Å². The summed E-state index contributed by atoms with van der Waals surface area (Å²) in [7, 11) is 2.25. The molecule has 1 rings (SSSR count). The van der Waals surface area contributed by atoms with E-state index in [1.54, 1.807) is 0 Å². The normalized spacial score (nSPS) is 18.0. The molecule has 0 radical (unpaired) electrons. The van der Waals surface area contributed by atoms with E-state index >= 15 is 0 Å². The Bertz CT molecular complexity index is 166. The minimum atomic E-state index is 0.663. The summed E-state index contributed by atoms with van der Waals surface area (Å²) >= 11 is 0. The molecule has 2 nitrogen and oxygen atoms in total. The van der Waals surface area contributed by atoms with Gasteiger partial charge in [0.15, 0.2) is 0 Å². The van der Waals surface area contributed by atoms with Crippen LogP contribution in [0.5, 0.6) is 0 Å². The number of hydrogen-bond acceptors (Lipinski definition) is 2. The molecule has 1 fully saturated rings. The monoisotopic (exact) mass is 226 g/mol. The third-order valence-corrected chi connectivity index (χ3v) is 3.84. The summed E-state index contributed by atoms with van der Waals surface area (Å²) in [5.74, 6) is 0.912. The Balaban J connectivity index is 1.98. The Labute approximate surface area is 102 Å². The van der Waals surface area contributed by atoms with Crippen molar-refractivity contribution >= 4 is 0 Å². The second-order valence-electron chi connectivity index (χ2n) is 5.39. The fourth-order valence-corrected chi connectivity index (χ4v) is 2.52. The quantitative estimate of drug-likeness (QED) is 0.580. The maximum Gasteiger partial charge on any atom is 0.0243 e. The minimum Gasteiger partial charge on any atom is -0.329 e. The second kappa shape index (κ2) is 8.08. The Kier molecular flexibility index (Phi) is 7.06. The van der Waals surface area contributed by atoms with Crippen LogP contribution in [0.15, 0.2) is 0 Å². The first-order valence-corrected chi connectivity index (χ1v) is 7.20. The number of likely N-dealkylation sites (N-methyl/N-ethyl adjacent to an activating group) is 1. The van der Waals surface area contributed by atoms with E-state index in [-0.39, 0.29) is 0 Å². The lowest BCUT2D eigenvalue weighted by Crippen LogP contribution is -2.40. The van der Waals surface area contributed by atoms with Crippen LogP contribution in [0, 0.1) is 5.92 Å². The van der Waals surface area contributed by atoms with Crippen LogP contribution in [0.1, 0.15) is 58.3 Å². The summed E-state index contributed by atoms with van der Waals surface area (Å²) in [6.45, 7) is 4.36. The summed E-state index contributed by atoms with van der Waals surface area (Å²) < 4.78 is 0. The molecule has 1 atom stereocenters. The summed E-state index contributed by atoms with van der Waals surface area (Å²) in [6.07, 6.45) is 11.1. The van der Waals surface area contributed by atoms with Crippen LogP contribution >= 0.6 is 0 Å². The lowest BCUT2D eigenvalue weighted by molar-refractivity contribution is 0.219. The molecule has 0 aromatic heterocycles. The molecule has 0 spiro atoms. The average Bonchev–Trinajstić information content (AvgIpc) is 3.08. The minimum absolute atomic E-state index is 0.663. The van der Waals surface area contributed by atoms with E-state index in [2.05, 4.69) is 18.9 Å². The van der Waals surface area contributed by atoms with Gasteiger partial charge in [0.05, 0.1) is 0 Å². The van der Waals surface area contributed by atoms with Crippen LogP contribution < -0.4 is 5.73 Å². The van der Waals surface area contributed by atoms with E-state index in [9.17, 15) is 0 Å². The van der Waals surface area contributed by atoms with Crippen LogP contribution in [0.2, 0.25) is 0 Å².